The summed E-state index contributed by atoms with van der Waals surface area (Å²) in [5, 5.41) is 21.2. The molecule has 1 aliphatic rings. The number of aliphatic hydroxyl groups excluding tert-OH is 1. The molecule has 5 heteroatoms. The van der Waals surface area contributed by atoms with E-state index in [1.54, 1.807) is 6.07 Å². The van der Waals surface area contributed by atoms with E-state index < -0.39 is 0 Å². The number of nitriles is 1. The summed E-state index contributed by atoms with van der Waals surface area (Å²) < 4.78 is 0. The topological polar surface area (TPSA) is 72.2 Å². The number of hydrogen-bond acceptors (Lipinski definition) is 5. The van der Waals surface area contributed by atoms with Gasteiger partial charge in [-0.2, -0.15) is 5.26 Å². The van der Waals surface area contributed by atoms with E-state index in [9.17, 15) is 5.11 Å². The number of hydrogen-bond donors (Lipinski definition) is 2. The van der Waals surface area contributed by atoms with Gasteiger partial charge in [0.15, 0.2) is 0 Å². The molecule has 0 unspecified atom stereocenters. The van der Waals surface area contributed by atoms with Crippen LogP contribution in [0.5, 0.6) is 0 Å². The number of pyridine rings is 1. The van der Waals surface area contributed by atoms with E-state index in [1.807, 2.05) is 18.2 Å². The lowest BCUT2D eigenvalue weighted by Crippen LogP contribution is -2.39. The van der Waals surface area contributed by atoms with E-state index in [4.69, 9.17) is 5.26 Å². The zero-order valence-corrected chi connectivity index (χ0v) is 11.0. The molecule has 1 atom stereocenters. The maximum absolute atomic E-state index is 9.19. The van der Waals surface area contributed by atoms with Crippen molar-refractivity contribution in [2.75, 3.05) is 38.1 Å². The minimum Gasteiger partial charge on any atom is -0.396 e. The monoisotopic (exact) mass is 260 g/mol. The third-order valence-electron chi connectivity index (χ3n) is 3.46. The molecule has 0 aliphatic carbocycles. The Morgan fingerprint density at radius 1 is 1.53 bits per heavy atom. The quantitative estimate of drug-likeness (QED) is 0.828. The second kappa shape index (κ2) is 7.07. The van der Waals surface area contributed by atoms with Gasteiger partial charge in [-0.3, -0.25) is 0 Å². The number of rotatable bonds is 5. The van der Waals surface area contributed by atoms with Crippen molar-refractivity contribution in [1.82, 2.24) is 9.88 Å². The first-order valence-corrected chi connectivity index (χ1v) is 6.76. The molecule has 0 aromatic carbocycles. The second-order valence-corrected chi connectivity index (χ2v) is 4.94. The molecule has 19 heavy (non-hydrogen) atoms. The summed E-state index contributed by atoms with van der Waals surface area (Å²) in [6.07, 6.45) is 2.29. The smallest absolute Gasteiger partial charge is 0.142 e. The normalized spacial score (nSPS) is 19.9. The van der Waals surface area contributed by atoms with E-state index in [1.165, 1.54) is 0 Å². The van der Waals surface area contributed by atoms with Gasteiger partial charge in [-0.15, -0.1) is 0 Å². The first kappa shape index (κ1) is 13.8. The second-order valence-electron chi connectivity index (χ2n) is 4.94. The largest absolute Gasteiger partial charge is 0.396 e. The van der Waals surface area contributed by atoms with E-state index in [0.717, 1.165) is 44.8 Å². The summed E-state index contributed by atoms with van der Waals surface area (Å²) in [5.41, 5.74) is 0.434. The molecule has 102 valence electrons. The van der Waals surface area contributed by atoms with Crippen molar-refractivity contribution in [3.05, 3.63) is 23.9 Å². The lowest BCUT2D eigenvalue weighted by atomic mass is 9.99. The Morgan fingerprint density at radius 3 is 3.21 bits per heavy atom. The van der Waals surface area contributed by atoms with Crippen molar-refractivity contribution in [3.63, 3.8) is 0 Å². The van der Waals surface area contributed by atoms with Gasteiger partial charge in [-0.25, -0.2) is 4.98 Å². The summed E-state index contributed by atoms with van der Waals surface area (Å²) in [6.45, 7) is 4.11. The summed E-state index contributed by atoms with van der Waals surface area (Å²) in [4.78, 5) is 6.54. The van der Waals surface area contributed by atoms with Crippen molar-refractivity contribution >= 4 is 5.82 Å². The molecule has 0 amide bonds. The molecule has 1 aliphatic heterocycles. The van der Waals surface area contributed by atoms with Gasteiger partial charge < -0.3 is 15.3 Å². The molecule has 2 heterocycles. The van der Waals surface area contributed by atoms with Gasteiger partial charge >= 0.3 is 0 Å². The minimum atomic E-state index is 0.287. The van der Waals surface area contributed by atoms with Crippen LogP contribution >= 0.6 is 0 Å². The predicted molar refractivity (Wildman–Crippen MR) is 73.7 cm³/mol. The van der Waals surface area contributed by atoms with Crippen LogP contribution < -0.4 is 5.32 Å². The van der Waals surface area contributed by atoms with Crippen molar-refractivity contribution in [3.8, 4) is 6.07 Å². The average molecular weight is 260 g/mol. The zero-order chi connectivity index (χ0) is 13.5. The third kappa shape index (κ3) is 4.19. The van der Waals surface area contributed by atoms with Gasteiger partial charge in [0.1, 0.15) is 17.6 Å². The molecule has 1 saturated heterocycles. The van der Waals surface area contributed by atoms with Crippen LogP contribution in [0.15, 0.2) is 18.2 Å². The SMILES string of the molecule is N#Cc1cccc(NCCN2CCC[C@H](CO)C2)n1. The fourth-order valence-corrected chi connectivity index (χ4v) is 2.44. The number of piperidine rings is 1. The highest BCUT2D eigenvalue weighted by Gasteiger charge is 2.18. The van der Waals surface area contributed by atoms with Crippen molar-refractivity contribution in [1.29, 1.82) is 5.26 Å². The first-order chi connectivity index (χ1) is 9.31. The lowest BCUT2D eigenvalue weighted by Gasteiger charge is -2.31. The number of likely N-dealkylation sites (tertiary alicyclic amines) is 1. The van der Waals surface area contributed by atoms with Crippen LogP contribution in [0.2, 0.25) is 0 Å². The Kier molecular flexibility index (Phi) is 5.13. The number of nitrogens with one attached hydrogen (secondary N) is 1. The highest BCUT2D eigenvalue weighted by molar-refractivity contribution is 5.38. The van der Waals surface area contributed by atoms with Gasteiger partial charge in [0.2, 0.25) is 0 Å². The summed E-state index contributed by atoms with van der Waals surface area (Å²) >= 11 is 0. The first-order valence-electron chi connectivity index (χ1n) is 6.76. The fourth-order valence-electron chi connectivity index (χ4n) is 2.44. The third-order valence-corrected chi connectivity index (χ3v) is 3.46. The molecule has 0 radical (unpaired) electrons. The molecule has 2 rings (SSSR count). The van der Waals surface area contributed by atoms with E-state index in [0.29, 0.717) is 11.6 Å². The fraction of sp³-hybridized carbons (Fsp3) is 0.571. The van der Waals surface area contributed by atoms with Gasteiger partial charge in [0.05, 0.1) is 0 Å². The summed E-state index contributed by atoms with van der Waals surface area (Å²) in [7, 11) is 0. The van der Waals surface area contributed by atoms with Crippen LogP contribution in [-0.2, 0) is 0 Å². The van der Waals surface area contributed by atoms with Gasteiger partial charge in [0.25, 0.3) is 0 Å². The Bertz CT molecular complexity index is 443. The molecule has 0 saturated carbocycles. The Labute approximate surface area is 113 Å². The number of aromatic nitrogens is 1. The van der Waals surface area contributed by atoms with Crippen molar-refractivity contribution in [2.24, 2.45) is 5.92 Å². The molecule has 1 aromatic heterocycles. The van der Waals surface area contributed by atoms with Crippen LogP contribution in [0.1, 0.15) is 18.5 Å². The Hall–Kier alpha value is -1.64. The maximum Gasteiger partial charge on any atom is 0.142 e. The highest BCUT2D eigenvalue weighted by atomic mass is 16.3. The lowest BCUT2D eigenvalue weighted by molar-refractivity contribution is 0.123. The Morgan fingerprint density at radius 2 is 2.42 bits per heavy atom. The molecule has 1 aromatic rings. The molecular formula is C14H20N4O. The summed E-state index contributed by atoms with van der Waals surface area (Å²) in [6, 6.07) is 7.43. The Balaban J connectivity index is 1.75. The van der Waals surface area contributed by atoms with E-state index >= 15 is 0 Å². The zero-order valence-electron chi connectivity index (χ0n) is 11.0. The predicted octanol–water partition coefficient (Wildman–Crippen LogP) is 1.07. The van der Waals surface area contributed by atoms with Crippen molar-refractivity contribution in [2.45, 2.75) is 12.8 Å². The highest BCUT2D eigenvalue weighted by Crippen LogP contribution is 2.15. The number of aliphatic hydroxyl groups is 1. The van der Waals surface area contributed by atoms with Crippen molar-refractivity contribution < 1.29 is 5.11 Å². The maximum atomic E-state index is 9.19. The molecular weight excluding hydrogens is 240 g/mol. The van der Waals surface area contributed by atoms with Crippen LogP contribution in [0, 0.1) is 17.2 Å². The number of nitrogens with zero attached hydrogens (tertiary/aromatic N) is 3. The van der Waals surface area contributed by atoms with Crippen LogP contribution in [0.3, 0.4) is 0 Å². The number of anilines is 1. The van der Waals surface area contributed by atoms with Gasteiger partial charge in [-0.05, 0) is 37.4 Å². The molecule has 5 nitrogen and oxygen atoms in total. The average Bonchev–Trinajstić information content (AvgIpc) is 2.48. The molecule has 1 fully saturated rings. The van der Waals surface area contributed by atoms with Crippen LogP contribution in [0.4, 0.5) is 5.82 Å². The van der Waals surface area contributed by atoms with Gasteiger partial charge in [-0.1, -0.05) is 6.07 Å². The molecule has 0 spiro atoms. The van der Waals surface area contributed by atoms with Crippen LogP contribution in [0.25, 0.3) is 0 Å². The van der Waals surface area contributed by atoms with E-state index in [-0.39, 0.29) is 6.61 Å². The van der Waals surface area contributed by atoms with E-state index in [2.05, 4.69) is 15.2 Å². The van der Waals surface area contributed by atoms with Gasteiger partial charge in [0, 0.05) is 26.2 Å². The molecule has 2 N–H and O–H groups in total. The standard InChI is InChI=1S/C14H20N4O/c15-9-13-4-1-5-14(17-13)16-6-8-18-7-2-3-12(10-18)11-19/h1,4-5,12,19H,2-3,6-8,10-11H2,(H,16,17)/t12-/m0/s1. The summed E-state index contributed by atoms with van der Waals surface area (Å²) in [5.74, 6) is 1.17. The van der Waals surface area contributed by atoms with Crippen LogP contribution in [-0.4, -0.2) is 47.8 Å². The molecule has 0 bridgehead atoms. The minimum absolute atomic E-state index is 0.287.